The van der Waals surface area contributed by atoms with Gasteiger partial charge in [-0.1, -0.05) is 40.0 Å². The Kier molecular flexibility index (Phi) is 3.19. The normalized spacial score (nSPS) is 43.1. The molecule has 2 bridgehead atoms. The maximum absolute atomic E-state index is 2.51. The SMILES string of the molecule is CCCCC(C)C1CC(C)C2CC1C2. The van der Waals surface area contributed by atoms with Gasteiger partial charge in [-0.3, -0.25) is 0 Å². The van der Waals surface area contributed by atoms with Crippen LogP contribution in [-0.4, -0.2) is 0 Å². The summed E-state index contributed by atoms with van der Waals surface area (Å²) in [6.45, 7) is 7.31. The lowest BCUT2D eigenvalue weighted by Crippen LogP contribution is -2.43. The Labute approximate surface area is 89.5 Å². The molecule has 3 atom stereocenters. The largest absolute Gasteiger partial charge is 0.0654 e. The zero-order chi connectivity index (χ0) is 10.1. The van der Waals surface area contributed by atoms with Crippen LogP contribution < -0.4 is 0 Å². The fourth-order valence-electron chi connectivity index (χ4n) is 3.77. The van der Waals surface area contributed by atoms with Crippen LogP contribution in [0.5, 0.6) is 0 Å². The van der Waals surface area contributed by atoms with Crippen molar-refractivity contribution in [2.24, 2.45) is 29.6 Å². The molecule has 0 heterocycles. The zero-order valence-corrected chi connectivity index (χ0v) is 10.1. The number of hydrogen-bond donors (Lipinski definition) is 0. The zero-order valence-electron chi connectivity index (χ0n) is 10.1. The minimum absolute atomic E-state index is 1.00. The van der Waals surface area contributed by atoms with E-state index in [0.29, 0.717) is 0 Å². The van der Waals surface area contributed by atoms with Crippen molar-refractivity contribution in [3.05, 3.63) is 0 Å². The molecule has 0 aliphatic heterocycles. The van der Waals surface area contributed by atoms with Crippen molar-refractivity contribution in [2.75, 3.05) is 0 Å². The number of unbranched alkanes of at least 4 members (excludes halogenated alkanes) is 1. The Morgan fingerprint density at radius 1 is 1.14 bits per heavy atom. The summed E-state index contributed by atoms with van der Waals surface area (Å²) in [5.41, 5.74) is 0. The summed E-state index contributed by atoms with van der Waals surface area (Å²) < 4.78 is 0. The highest BCUT2D eigenvalue weighted by Crippen LogP contribution is 2.54. The van der Waals surface area contributed by atoms with E-state index in [1.807, 2.05) is 0 Å². The third-order valence-electron chi connectivity index (χ3n) is 5.01. The van der Waals surface area contributed by atoms with Gasteiger partial charge in [-0.15, -0.1) is 0 Å². The Balaban J connectivity index is 1.84. The smallest absolute Gasteiger partial charge is 0.0357 e. The second kappa shape index (κ2) is 4.24. The first-order valence-electron chi connectivity index (χ1n) is 6.72. The Hall–Kier alpha value is 0. The van der Waals surface area contributed by atoms with Crippen LogP contribution in [0.1, 0.15) is 59.3 Å². The van der Waals surface area contributed by atoms with Crippen molar-refractivity contribution in [2.45, 2.75) is 59.3 Å². The van der Waals surface area contributed by atoms with Crippen molar-refractivity contribution in [1.29, 1.82) is 0 Å². The van der Waals surface area contributed by atoms with E-state index in [2.05, 4.69) is 20.8 Å². The van der Waals surface area contributed by atoms with E-state index in [-0.39, 0.29) is 0 Å². The van der Waals surface area contributed by atoms with Gasteiger partial charge >= 0.3 is 0 Å². The fraction of sp³-hybridized carbons (Fsp3) is 1.00. The molecular weight excluding hydrogens is 168 g/mol. The second-order valence-corrected chi connectivity index (χ2v) is 5.99. The third kappa shape index (κ3) is 1.85. The van der Waals surface area contributed by atoms with Crippen LogP contribution in [0.25, 0.3) is 0 Å². The first-order valence-corrected chi connectivity index (χ1v) is 6.72. The van der Waals surface area contributed by atoms with Crippen molar-refractivity contribution < 1.29 is 0 Å². The van der Waals surface area contributed by atoms with E-state index >= 15 is 0 Å². The van der Waals surface area contributed by atoms with Gasteiger partial charge in [-0.2, -0.15) is 0 Å². The molecule has 0 spiro atoms. The standard InChI is InChI=1S/C14H26/c1-4-5-6-10(2)14-7-11(3)12-8-13(14)9-12/h10-14H,4-9H2,1-3H3. The van der Waals surface area contributed by atoms with Crippen LogP contribution in [0.15, 0.2) is 0 Å². The summed E-state index contributed by atoms with van der Waals surface area (Å²) in [5, 5.41) is 0. The topological polar surface area (TPSA) is 0 Å². The fourth-order valence-corrected chi connectivity index (χ4v) is 3.77. The summed E-state index contributed by atoms with van der Waals surface area (Å²) in [6.07, 6.45) is 8.99. The van der Waals surface area contributed by atoms with E-state index < -0.39 is 0 Å². The van der Waals surface area contributed by atoms with Crippen LogP contribution >= 0.6 is 0 Å². The van der Waals surface area contributed by atoms with Crippen molar-refractivity contribution >= 4 is 0 Å². The minimum Gasteiger partial charge on any atom is -0.0654 e. The van der Waals surface area contributed by atoms with Gasteiger partial charge in [0.15, 0.2) is 0 Å². The highest BCUT2D eigenvalue weighted by Gasteiger charge is 2.45. The Morgan fingerprint density at radius 2 is 1.86 bits per heavy atom. The summed E-state index contributed by atoms with van der Waals surface area (Å²) in [5.74, 6) is 5.37. The maximum atomic E-state index is 2.51. The molecule has 0 amide bonds. The molecule has 3 unspecified atom stereocenters. The first-order chi connectivity index (χ1) is 6.72. The van der Waals surface area contributed by atoms with Gasteiger partial charge in [-0.25, -0.2) is 0 Å². The van der Waals surface area contributed by atoms with Gasteiger partial charge in [0.25, 0.3) is 0 Å². The van der Waals surface area contributed by atoms with E-state index in [1.54, 1.807) is 19.3 Å². The molecular formula is C14H26. The molecule has 3 rings (SSSR count). The first kappa shape index (κ1) is 10.5. The molecule has 82 valence electrons. The van der Waals surface area contributed by atoms with Gasteiger partial charge in [0.1, 0.15) is 0 Å². The van der Waals surface area contributed by atoms with Gasteiger partial charge in [0.05, 0.1) is 0 Å². The average Bonchev–Trinajstić information content (AvgIpc) is 2.11. The van der Waals surface area contributed by atoms with E-state index in [1.165, 1.54) is 19.3 Å². The summed E-state index contributed by atoms with van der Waals surface area (Å²) in [4.78, 5) is 0. The van der Waals surface area contributed by atoms with E-state index in [0.717, 1.165) is 29.6 Å². The molecule has 3 aliphatic rings. The lowest BCUT2D eigenvalue weighted by atomic mass is 9.53. The number of hydrogen-bond acceptors (Lipinski definition) is 0. The molecule has 0 heteroatoms. The highest BCUT2D eigenvalue weighted by molar-refractivity contribution is 4.95. The monoisotopic (exact) mass is 194 g/mol. The molecule has 0 saturated heterocycles. The molecule has 0 aromatic heterocycles. The lowest BCUT2D eigenvalue weighted by Gasteiger charge is -2.52. The van der Waals surface area contributed by atoms with Gasteiger partial charge in [-0.05, 0) is 48.9 Å². The summed E-state index contributed by atoms with van der Waals surface area (Å²) in [6, 6.07) is 0. The summed E-state index contributed by atoms with van der Waals surface area (Å²) in [7, 11) is 0. The van der Waals surface area contributed by atoms with Crippen LogP contribution in [0.4, 0.5) is 0 Å². The van der Waals surface area contributed by atoms with Crippen molar-refractivity contribution in [1.82, 2.24) is 0 Å². The predicted molar refractivity (Wildman–Crippen MR) is 62.2 cm³/mol. The maximum Gasteiger partial charge on any atom is -0.0357 e. The molecule has 3 fully saturated rings. The summed E-state index contributed by atoms with van der Waals surface area (Å²) >= 11 is 0. The minimum atomic E-state index is 1.00. The van der Waals surface area contributed by atoms with E-state index in [4.69, 9.17) is 0 Å². The average molecular weight is 194 g/mol. The number of rotatable bonds is 4. The molecule has 0 aromatic carbocycles. The van der Waals surface area contributed by atoms with Crippen LogP contribution in [0.2, 0.25) is 0 Å². The molecule has 14 heavy (non-hydrogen) atoms. The molecule has 3 saturated carbocycles. The van der Waals surface area contributed by atoms with Crippen molar-refractivity contribution in [3.63, 3.8) is 0 Å². The molecule has 0 radical (unpaired) electrons. The lowest BCUT2D eigenvalue weighted by molar-refractivity contribution is -0.0236. The number of fused-ring (bicyclic) bond motifs is 2. The van der Waals surface area contributed by atoms with Gasteiger partial charge in [0.2, 0.25) is 0 Å². The van der Waals surface area contributed by atoms with Crippen LogP contribution in [0, 0.1) is 29.6 Å². The highest BCUT2D eigenvalue weighted by atomic mass is 14.5. The van der Waals surface area contributed by atoms with Crippen LogP contribution in [0.3, 0.4) is 0 Å². The van der Waals surface area contributed by atoms with Gasteiger partial charge in [0, 0.05) is 0 Å². The third-order valence-corrected chi connectivity index (χ3v) is 5.01. The van der Waals surface area contributed by atoms with Gasteiger partial charge < -0.3 is 0 Å². The second-order valence-electron chi connectivity index (χ2n) is 5.99. The van der Waals surface area contributed by atoms with Crippen molar-refractivity contribution in [3.8, 4) is 0 Å². The molecule has 0 aromatic rings. The molecule has 3 aliphatic carbocycles. The Bertz CT molecular complexity index is 178. The Morgan fingerprint density at radius 3 is 2.43 bits per heavy atom. The van der Waals surface area contributed by atoms with Crippen LogP contribution in [-0.2, 0) is 0 Å². The predicted octanol–water partition coefficient (Wildman–Crippen LogP) is 4.49. The molecule has 0 N–H and O–H groups in total. The molecule has 0 nitrogen and oxygen atoms in total. The quantitative estimate of drug-likeness (QED) is 0.618. The van der Waals surface area contributed by atoms with E-state index in [9.17, 15) is 0 Å².